The second-order valence-electron chi connectivity index (χ2n) is 8.75. The van der Waals surface area contributed by atoms with Gasteiger partial charge in [0.25, 0.3) is 0 Å². The number of aryl methyl sites for hydroxylation is 2. The van der Waals surface area contributed by atoms with Crippen molar-refractivity contribution in [2.75, 3.05) is 11.5 Å². The molecule has 0 spiro atoms. The molecule has 0 saturated heterocycles. The standard InChI is InChI=1S/C26H36F4N2/c1-7-15(5)21-13-19(11-17(9-3)23(21)31)25(27,28)26(29,30)20-12-18(10-4)24(32)22(14-20)16(6)8-2/h11-16H,7-10,31-32H2,1-6H3. The lowest BCUT2D eigenvalue weighted by atomic mass is 9.85. The lowest BCUT2D eigenvalue weighted by Crippen LogP contribution is -2.36. The average molecular weight is 453 g/mol. The van der Waals surface area contributed by atoms with Crippen LogP contribution in [0.25, 0.3) is 0 Å². The molecule has 0 aliphatic carbocycles. The van der Waals surface area contributed by atoms with E-state index in [-0.39, 0.29) is 11.8 Å². The molecule has 6 heteroatoms. The van der Waals surface area contributed by atoms with Crippen LogP contribution in [0.4, 0.5) is 28.9 Å². The lowest BCUT2D eigenvalue weighted by molar-refractivity contribution is -0.224. The van der Waals surface area contributed by atoms with Gasteiger partial charge in [-0.25, -0.2) is 0 Å². The highest BCUT2D eigenvalue weighted by atomic mass is 19.3. The molecule has 2 atom stereocenters. The van der Waals surface area contributed by atoms with E-state index in [2.05, 4.69) is 0 Å². The van der Waals surface area contributed by atoms with E-state index in [9.17, 15) is 0 Å². The molecule has 0 saturated carbocycles. The number of hydrogen-bond donors (Lipinski definition) is 2. The van der Waals surface area contributed by atoms with E-state index in [4.69, 9.17) is 11.5 Å². The van der Waals surface area contributed by atoms with Crippen LogP contribution in [0.3, 0.4) is 0 Å². The van der Waals surface area contributed by atoms with E-state index >= 15 is 17.6 Å². The van der Waals surface area contributed by atoms with Crippen molar-refractivity contribution in [1.29, 1.82) is 0 Å². The SMILES string of the molecule is CCc1cc(C(F)(F)C(F)(F)c2cc(CC)c(N)c(C(C)CC)c2)cc(C(C)CC)c1N. The number of nitrogen functional groups attached to an aromatic ring is 2. The van der Waals surface area contributed by atoms with Crippen molar-refractivity contribution < 1.29 is 17.6 Å². The molecule has 32 heavy (non-hydrogen) atoms. The Morgan fingerprint density at radius 1 is 0.656 bits per heavy atom. The minimum atomic E-state index is -4.42. The van der Waals surface area contributed by atoms with Crippen LogP contribution in [0.2, 0.25) is 0 Å². The molecule has 2 rings (SSSR count). The summed E-state index contributed by atoms with van der Waals surface area (Å²) in [6, 6.07) is 4.57. The molecule has 0 bridgehead atoms. The first kappa shape index (κ1) is 26.0. The van der Waals surface area contributed by atoms with Crippen LogP contribution in [0, 0.1) is 0 Å². The van der Waals surface area contributed by atoms with Crippen molar-refractivity contribution in [2.45, 2.75) is 90.9 Å². The molecular formula is C26H36F4N2. The van der Waals surface area contributed by atoms with Gasteiger partial charge in [-0.05, 0) is 84.0 Å². The molecule has 0 aromatic heterocycles. The number of alkyl halides is 4. The van der Waals surface area contributed by atoms with Crippen LogP contribution >= 0.6 is 0 Å². The molecule has 2 aromatic carbocycles. The number of nitrogens with two attached hydrogens (primary N) is 2. The number of benzene rings is 2. The smallest absolute Gasteiger partial charge is 0.339 e. The first-order chi connectivity index (χ1) is 14.9. The largest absolute Gasteiger partial charge is 0.398 e. The van der Waals surface area contributed by atoms with Crippen LogP contribution in [0.15, 0.2) is 24.3 Å². The topological polar surface area (TPSA) is 52.0 Å². The molecule has 0 heterocycles. The fourth-order valence-electron chi connectivity index (χ4n) is 4.04. The molecular weight excluding hydrogens is 416 g/mol. The molecule has 0 radical (unpaired) electrons. The van der Waals surface area contributed by atoms with Gasteiger partial charge in [0.2, 0.25) is 0 Å². The Kier molecular flexibility index (Phi) is 7.90. The third kappa shape index (κ3) is 4.46. The van der Waals surface area contributed by atoms with Gasteiger partial charge in [-0.1, -0.05) is 41.5 Å². The number of halogens is 4. The van der Waals surface area contributed by atoms with Gasteiger partial charge in [-0.3, -0.25) is 0 Å². The van der Waals surface area contributed by atoms with E-state index in [0.717, 1.165) is 24.3 Å². The minimum absolute atomic E-state index is 0.120. The molecule has 0 aliphatic rings. The summed E-state index contributed by atoms with van der Waals surface area (Å²) < 4.78 is 62.2. The third-order valence-corrected chi connectivity index (χ3v) is 6.76. The summed E-state index contributed by atoms with van der Waals surface area (Å²) in [6.45, 7) is 11.1. The van der Waals surface area contributed by atoms with Crippen LogP contribution < -0.4 is 11.5 Å². The summed E-state index contributed by atoms with van der Waals surface area (Å²) in [4.78, 5) is 0. The molecule has 2 unspecified atom stereocenters. The van der Waals surface area contributed by atoms with Crippen molar-refractivity contribution in [3.63, 3.8) is 0 Å². The summed E-state index contributed by atoms with van der Waals surface area (Å²) in [7, 11) is 0. The summed E-state index contributed by atoms with van der Waals surface area (Å²) >= 11 is 0. The highest BCUT2D eigenvalue weighted by Gasteiger charge is 2.59. The van der Waals surface area contributed by atoms with E-state index in [1.807, 2.05) is 27.7 Å². The monoisotopic (exact) mass is 452 g/mol. The predicted molar refractivity (Wildman–Crippen MR) is 126 cm³/mol. The van der Waals surface area contributed by atoms with Gasteiger partial charge >= 0.3 is 11.8 Å². The van der Waals surface area contributed by atoms with Gasteiger partial charge in [0.05, 0.1) is 0 Å². The van der Waals surface area contributed by atoms with Crippen molar-refractivity contribution in [3.8, 4) is 0 Å². The maximum atomic E-state index is 15.5. The van der Waals surface area contributed by atoms with Crippen molar-refractivity contribution >= 4 is 11.4 Å². The summed E-state index contributed by atoms with van der Waals surface area (Å²) in [5.41, 5.74) is 13.7. The Balaban J connectivity index is 2.73. The molecule has 0 amide bonds. The van der Waals surface area contributed by atoms with E-state index in [1.54, 1.807) is 13.8 Å². The Labute approximate surface area is 189 Å². The third-order valence-electron chi connectivity index (χ3n) is 6.76. The van der Waals surface area contributed by atoms with E-state index < -0.39 is 23.0 Å². The van der Waals surface area contributed by atoms with Crippen LogP contribution in [0.1, 0.15) is 99.6 Å². The Morgan fingerprint density at radius 2 is 0.969 bits per heavy atom. The van der Waals surface area contributed by atoms with Gasteiger partial charge in [-0.15, -0.1) is 0 Å². The zero-order valence-corrected chi connectivity index (χ0v) is 20.0. The van der Waals surface area contributed by atoms with Gasteiger partial charge in [0.1, 0.15) is 0 Å². The van der Waals surface area contributed by atoms with Crippen molar-refractivity contribution in [2.24, 2.45) is 0 Å². The zero-order chi connectivity index (χ0) is 24.4. The molecule has 2 nitrogen and oxygen atoms in total. The maximum Gasteiger partial charge on any atom is 0.339 e. The molecule has 4 N–H and O–H groups in total. The Hall–Kier alpha value is -2.24. The number of rotatable bonds is 9. The first-order valence-corrected chi connectivity index (χ1v) is 11.5. The molecule has 0 aliphatic heterocycles. The summed E-state index contributed by atoms with van der Waals surface area (Å²) in [5.74, 6) is -9.07. The number of anilines is 2. The van der Waals surface area contributed by atoms with Gasteiger partial charge in [-0.2, -0.15) is 17.6 Å². The van der Waals surface area contributed by atoms with Gasteiger partial charge in [0.15, 0.2) is 0 Å². The summed E-state index contributed by atoms with van der Waals surface area (Å²) in [6.07, 6.45) is 2.08. The van der Waals surface area contributed by atoms with E-state index in [0.29, 0.717) is 59.3 Å². The highest BCUT2D eigenvalue weighted by Crippen LogP contribution is 2.52. The second-order valence-corrected chi connectivity index (χ2v) is 8.75. The maximum absolute atomic E-state index is 15.5. The molecule has 0 fully saturated rings. The Morgan fingerprint density at radius 3 is 1.22 bits per heavy atom. The normalized spacial score (nSPS) is 14.4. The van der Waals surface area contributed by atoms with Gasteiger partial charge < -0.3 is 11.5 Å². The lowest BCUT2D eigenvalue weighted by Gasteiger charge is -2.30. The molecule has 2 aromatic rings. The Bertz CT molecular complexity index is 876. The first-order valence-electron chi connectivity index (χ1n) is 11.5. The average Bonchev–Trinajstić information content (AvgIpc) is 2.77. The fourth-order valence-corrected chi connectivity index (χ4v) is 4.04. The highest BCUT2D eigenvalue weighted by molar-refractivity contribution is 5.60. The van der Waals surface area contributed by atoms with Crippen molar-refractivity contribution in [1.82, 2.24) is 0 Å². The van der Waals surface area contributed by atoms with Crippen molar-refractivity contribution in [3.05, 3.63) is 57.6 Å². The van der Waals surface area contributed by atoms with Crippen LogP contribution in [-0.4, -0.2) is 0 Å². The van der Waals surface area contributed by atoms with Crippen LogP contribution in [0.5, 0.6) is 0 Å². The molecule has 178 valence electrons. The summed E-state index contributed by atoms with van der Waals surface area (Å²) in [5, 5.41) is 0. The predicted octanol–water partition coefficient (Wildman–Crippen LogP) is 7.89. The minimum Gasteiger partial charge on any atom is -0.398 e. The second kappa shape index (κ2) is 9.72. The number of hydrogen-bond acceptors (Lipinski definition) is 2. The van der Waals surface area contributed by atoms with Gasteiger partial charge in [0, 0.05) is 22.5 Å². The quantitative estimate of drug-likeness (QED) is 0.300. The van der Waals surface area contributed by atoms with Crippen LogP contribution in [-0.2, 0) is 24.7 Å². The van der Waals surface area contributed by atoms with E-state index in [1.165, 1.54) is 0 Å². The fraction of sp³-hybridized carbons (Fsp3) is 0.538. The zero-order valence-electron chi connectivity index (χ0n) is 20.0.